The number of amides is 2. The van der Waals surface area contributed by atoms with Crippen molar-refractivity contribution in [3.63, 3.8) is 0 Å². The molecule has 0 bridgehead atoms. The van der Waals surface area contributed by atoms with E-state index in [1.807, 2.05) is 80.6 Å². The molecule has 1 aliphatic heterocycles. The van der Waals surface area contributed by atoms with Gasteiger partial charge in [-0.3, -0.25) is 0 Å². The van der Waals surface area contributed by atoms with Crippen molar-refractivity contribution >= 4 is 22.8 Å². The first-order valence-corrected chi connectivity index (χ1v) is 11.1. The SMILES string of the molecule is CC1=C(C(=O)OCC(C)C)C(c2c(OCc3ccccc3)ccc3ccccc23)NC(=O)N1. The predicted molar refractivity (Wildman–Crippen MR) is 128 cm³/mol. The first kappa shape index (κ1) is 22.4. The quantitative estimate of drug-likeness (QED) is 0.488. The first-order valence-electron chi connectivity index (χ1n) is 11.1. The summed E-state index contributed by atoms with van der Waals surface area (Å²) in [5, 5.41) is 7.52. The van der Waals surface area contributed by atoms with Crippen molar-refractivity contribution in [2.75, 3.05) is 6.61 Å². The number of urea groups is 1. The molecule has 0 aliphatic carbocycles. The number of carbonyl (C=O) groups is 2. The number of hydrogen-bond donors (Lipinski definition) is 2. The fourth-order valence-corrected chi connectivity index (χ4v) is 3.94. The van der Waals surface area contributed by atoms with Crippen molar-refractivity contribution in [2.24, 2.45) is 5.92 Å². The Morgan fingerprint density at radius 2 is 1.73 bits per heavy atom. The molecule has 1 aliphatic rings. The molecule has 33 heavy (non-hydrogen) atoms. The minimum atomic E-state index is -0.713. The lowest BCUT2D eigenvalue weighted by molar-refractivity contribution is -0.140. The molecule has 1 atom stereocenters. The topological polar surface area (TPSA) is 76.7 Å². The lowest BCUT2D eigenvalue weighted by Crippen LogP contribution is -2.45. The molecule has 6 heteroatoms. The van der Waals surface area contributed by atoms with Crippen LogP contribution in [-0.4, -0.2) is 18.6 Å². The Balaban J connectivity index is 1.80. The summed E-state index contributed by atoms with van der Waals surface area (Å²) in [6.45, 7) is 6.33. The van der Waals surface area contributed by atoms with Crippen LogP contribution in [0.3, 0.4) is 0 Å². The molecular weight excluding hydrogens is 416 g/mol. The van der Waals surface area contributed by atoms with Gasteiger partial charge in [-0.15, -0.1) is 0 Å². The number of esters is 1. The number of hydrogen-bond acceptors (Lipinski definition) is 4. The molecule has 0 radical (unpaired) electrons. The van der Waals surface area contributed by atoms with Gasteiger partial charge in [-0.05, 0) is 35.2 Å². The third-order valence-corrected chi connectivity index (χ3v) is 5.49. The van der Waals surface area contributed by atoms with Crippen LogP contribution in [0.15, 0.2) is 78.0 Å². The maximum atomic E-state index is 13.1. The van der Waals surface area contributed by atoms with Crippen LogP contribution < -0.4 is 15.4 Å². The standard InChI is InChI=1S/C27H28N2O4/c1-17(2)15-33-26(30)23-18(3)28-27(31)29-25(23)24-21-12-8-7-11-20(21)13-14-22(24)32-16-19-9-5-4-6-10-19/h4-14,17,25H,15-16H2,1-3H3,(H2,28,29,31). The van der Waals surface area contributed by atoms with Crippen LogP contribution in [0.4, 0.5) is 4.79 Å². The van der Waals surface area contributed by atoms with E-state index in [2.05, 4.69) is 10.6 Å². The Kier molecular flexibility index (Phi) is 6.63. The molecule has 170 valence electrons. The van der Waals surface area contributed by atoms with Crippen LogP contribution in [0.25, 0.3) is 10.8 Å². The molecular formula is C27H28N2O4. The van der Waals surface area contributed by atoms with Gasteiger partial charge in [0.05, 0.1) is 18.2 Å². The molecule has 1 unspecified atom stereocenters. The number of ether oxygens (including phenoxy) is 2. The molecule has 6 nitrogen and oxygen atoms in total. The smallest absolute Gasteiger partial charge is 0.338 e. The molecule has 2 N–H and O–H groups in total. The van der Waals surface area contributed by atoms with Gasteiger partial charge in [-0.2, -0.15) is 0 Å². The summed E-state index contributed by atoms with van der Waals surface area (Å²) in [5.74, 6) is 0.342. The highest BCUT2D eigenvalue weighted by Gasteiger charge is 2.35. The van der Waals surface area contributed by atoms with Gasteiger partial charge in [0.2, 0.25) is 0 Å². The van der Waals surface area contributed by atoms with Gasteiger partial charge in [0.1, 0.15) is 12.4 Å². The third-order valence-electron chi connectivity index (χ3n) is 5.49. The summed E-state index contributed by atoms with van der Waals surface area (Å²) in [4.78, 5) is 25.6. The molecule has 0 aromatic heterocycles. The van der Waals surface area contributed by atoms with Crippen molar-refractivity contribution in [2.45, 2.75) is 33.4 Å². The molecule has 0 saturated carbocycles. The van der Waals surface area contributed by atoms with Crippen molar-refractivity contribution in [1.82, 2.24) is 10.6 Å². The molecule has 0 saturated heterocycles. The molecule has 4 rings (SSSR count). The van der Waals surface area contributed by atoms with E-state index in [0.29, 0.717) is 30.2 Å². The zero-order valence-electron chi connectivity index (χ0n) is 19.1. The molecule has 3 aromatic rings. The normalized spacial score (nSPS) is 15.9. The zero-order valence-corrected chi connectivity index (χ0v) is 19.1. The third kappa shape index (κ3) is 5.00. The van der Waals surface area contributed by atoms with E-state index in [1.54, 1.807) is 6.92 Å². The van der Waals surface area contributed by atoms with E-state index >= 15 is 0 Å². The van der Waals surface area contributed by atoms with Crippen LogP contribution in [0, 0.1) is 5.92 Å². The highest BCUT2D eigenvalue weighted by Crippen LogP contribution is 2.39. The number of carbonyl (C=O) groups excluding carboxylic acids is 2. The van der Waals surface area contributed by atoms with Crippen molar-refractivity contribution in [3.8, 4) is 5.75 Å². The fraction of sp³-hybridized carbons (Fsp3) is 0.259. The average Bonchev–Trinajstić information content (AvgIpc) is 2.81. The molecule has 3 aromatic carbocycles. The number of fused-ring (bicyclic) bond motifs is 1. The monoisotopic (exact) mass is 444 g/mol. The maximum Gasteiger partial charge on any atom is 0.338 e. The average molecular weight is 445 g/mol. The van der Waals surface area contributed by atoms with E-state index in [9.17, 15) is 9.59 Å². The molecule has 2 amide bonds. The minimum absolute atomic E-state index is 0.196. The Morgan fingerprint density at radius 1 is 1.00 bits per heavy atom. The van der Waals surface area contributed by atoms with E-state index in [0.717, 1.165) is 21.9 Å². The Labute approximate surface area is 193 Å². The Hall–Kier alpha value is -3.80. The lowest BCUT2D eigenvalue weighted by Gasteiger charge is -2.30. The summed E-state index contributed by atoms with van der Waals surface area (Å²) in [6.07, 6.45) is 0. The summed E-state index contributed by atoms with van der Waals surface area (Å²) in [6, 6.07) is 20.5. The van der Waals surface area contributed by atoms with E-state index in [1.165, 1.54) is 0 Å². The van der Waals surface area contributed by atoms with Crippen LogP contribution in [0.5, 0.6) is 5.75 Å². The fourth-order valence-electron chi connectivity index (χ4n) is 3.94. The van der Waals surface area contributed by atoms with Gasteiger partial charge < -0.3 is 20.1 Å². The van der Waals surface area contributed by atoms with Crippen molar-refractivity contribution < 1.29 is 19.1 Å². The summed E-state index contributed by atoms with van der Waals surface area (Å²) in [5.41, 5.74) is 2.60. The van der Waals surface area contributed by atoms with E-state index < -0.39 is 12.0 Å². The lowest BCUT2D eigenvalue weighted by atomic mass is 9.90. The molecule has 0 spiro atoms. The molecule has 0 fully saturated rings. The number of benzene rings is 3. The van der Waals surface area contributed by atoms with Crippen LogP contribution >= 0.6 is 0 Å². The van der Waals surface area contributed by atoms with Gasteiger partial charge in [-0.1, -0.05) is 74.5 Å². The number of nitrogens with one attached hydrogen (secondary N) is 2. The second-order valence-electron chi connectivity index (χ2n) is 8.54. The van der Waals surface area contributed by atoms with Gasteiger partial charge in [0, 0.05) is 11.3 Å². The Bertz CT molecular complexity index is 1200. The Morgan fingerprint density at radius 3 is 2.48 bits per heavy atom. The largest absolute Gasteiger partial charge is 0.489 e. The van der Waals surface area contributed by atoms with Crippen molar-refractivity contribution in [1.29, 1.82) is 0 Å². The van der Waals surface area contributed by atoms with E-state index in [-0.39, 0.29) is 11.9 Å². The van der Waals surface area contributed by atoms with Crippen LogP contribution in [0.2, 0.25) is 0 Å². The predicted octanol–water partition coefficient (Wildman–Crippen LogP) is 5.25. The highest BCUT2D eigenvalue weighted by atomic mass is 16.5. The summed E-state index contributed by atoms with van der Waals surface area (Å²) in [7, 11) is 0. The van der Waals surface area contributed by atoms with Crippen LogP contribution in [0.1, 0.15) is 37.9 Å². The number of rotatable bonds is 7. The maximum absolute atomic E-state index is 13.1. The van der Waals surface area contributed by atoms with Gasteiger partial charge in [0.15, 0.2) is 0 Å². The summed E-state index contributed by atoms with van der Waals surface area (Å²) < 4.78 is 11.8. The van der Waals surface area contributed by atoms with E-state index in [4.69, 9.17) is 9.47 Å². The van der Waals surface area contributed by atoms with Gasteiger partial charge in [-0.25, -0.2) is 9.59 Å². The second-order valence-corrected chi connectivity index (χ2v) is 8.54. The zero-order chi connectivity index (χ0) is 23.4. The second kappa shape index (κ2) is 9.77. The highest BCUT2D eigenvalue weighted by molar-refractivity contribution is 5.98. The van der Waals surface area contributed by atoms with Crippen molar-refractivity contribution in [3.05, 3.63) is 89.1 Å². The minimum Gasteiger partial charge on any atom is -0.489 e. The van der Waals surface area contributed by atoms with Gasteiger partial charge >= 0.3 is 12.0 Å². The van der Waals surface area contributed by atoms with Gasteiger partial charge in [0.25, 0.3) is 0 Å². The first-order chi connectivity index (χ1) is 15.9. The summed E-state index contributed by atoms with van der Waals surface area (Å²) >= 11 is 0. The number of allylic oxidation sites excluding steroid dienone is 1. The molecule has 1 heterocycles. The van der Waals surface area contributed by atoms with Crippen LogP contribution in [-0.2, 0) is 16.1 Å².